The van der Waals surface area contributed by atoms with Gasteiger partial charge in [0.25, 0.3) is 0 Å². The number of ether oxygens (including phenoxy) is 3. The molecule has 1 aromatic carbocycles. The minimum Gasteiger partial charge on any atom is -0.490 e. The predicted molar refractivity (Wildman–Crippen MR) is 130 cm³/mol. The van der Waals surface area contributed by atoms with Gasteiger partial charge in [-0.15, -0.1) is 0 Å². The van der Waals surface area contributed by atoms with E-state index in [-0.39, 0.29) is 24.8 Å². The summed E-state index contributed by atoms with van der Waals surface area (Å²) in [6, 6.07) is 7.31. The lowest BCUT2D eigenvalue weighted by Gasteiger charge is -2.43. The fourth-order valence-corrected chi connectivity index (χ4v) is 4.53. The number of aryl methyl sites for hydroxylation is 2. The van der Waals surface area contributed by atoms with Crippen molar-refractivity contribution < 1.29 is 23.8 Å². The second-order valence-electron chi connectivity index (χ2n) is 9.09. The van der Waals surface area contributed by atoms with E-state index >= 15 is 0 Å². The van der Waals surface area contributed by atoms with E-state index in [1.165, 1.54) is 0 Å². The van der Waals surface area contributed by atoms with Crippen LogP contribution in [0.25, 0.3) is 0 Å². The van der Waals surface area contributed by atoms with Gasteiger partial charge < -0.3 is 24.0 Å². The first-order chi connectivity index (χ1) is 16.9. The quantitative estimate of drug-likeness (QED) is 0.521. The standard InChI is InChI=1S/C25H33ClN4O5/c1-20-16-21(5-6-22(20)26)34-19-25(17-24(32)28-10-13-33-14-11-28)18-29(12-15-35-25)23(31)4-2-8-30-9-3-7-27-30/h3,5-7,9,16H,2,4,8,10-15,17-19H2,1H3. The van der Waals surface area contributed by atoms with Gasteiger partial charge in [-0.2, -0.15) is 5.10 Å². The molecule has 10 heteroatoms. The molecule has 1 unspecified atom stereocenters. The first-order valence-corrected chi connectivity index (χ1v) is 12.5. The summed E-state index contributed by atoms with van der Waals surface area (Å²) >= 11 is 6.15. The molecule has 0 saturated carbocycles. The molecule has 4 rings (SSSR count). The minimum atomic E-state index is -0.932. The highest BCUT2D eigenvalue weighted by atomic mass is 35.5. The van der Waals surface area contributed by atoms with E-state index in [0.29, 0.717) is 76.2 Å². The summed E-state index contributed by atoms with van der Waals surface area (Å²) in [5.41, 5.74) is -0.0279. The second-order valence-corrected chi connectivity index (χ2v) is 9.50. The van der Waals surface area contributed by atoms with E-state index in [1.54, 1.807) is 28.1 Å². The molecule has 35 heavy (non-hydrogen) atoms. The van der Waals surface area contributed by atoms with Gasteiger partial charge in [0.2, 0.25) is 11.8 Å². The summed E-state index contributed by atoms with van der Waals surface area (Å²) < 4.78 is 19.5. The molecular formula is C25H33ClN4O5. The number of nitrogens with zero attached hydrogens (tertiary/aromatic N) is 4. The number of amides is 2. The lowest BCUT2D eigenvalue weighted by molar-refractivity contribution is -0.167. The van der Waals surface area contributed by atoms with Crippen molar-refractivity contribution in [3.05, 3.63) is 47.2 Å². The van der Waals surface area contributed by atoms with Gasteiger partial charge in [-0.1, -0.05) is 11.6 Å². The normalized spacial score (nSPS) is 20.6. The van der Waals surface area contributed by atoms with Crippen molar-refractivity contribution in [3.8, 4) is 5.75 Å². The summed E-state index contributed by atoms with van der Waals surface area (Å²) in [7, 11) is 0. The zero-order chi connectivity index (χ0) is 24.7. The molecule has 2 aliphatic rings. The minimum absolute atomic E-state index is 0.0165. The van der Waals surface area contributed by atoms with Gasteiger partial charge in [0, 0.05) is 50.0 Å². The van der Waals surface area contributed by atoms with Crippen LogP contribution < -0.4 is 4.74 Å². The molecule has 2 aliphatic heterocycles. The number of carbonyl (C=O) groups is 2. The van der Waals surface area contributed by atoms with Crippen LogP contribution in [0.15, 0.2) is 36.7 Å². The maximum absolute atomic E-state index is 13.2. The average Bonchev–Trinajstić information content (AvgIpc) is 3.39. The van der Waals surface area contributed by atoms with Gasteiger partial charge in [0.05, 0.1) is 32.8 Å². The third-order valence-corrected chi connectivity index (χ3v) is 6.83. The summed E-state index contributed by atoms with van der Waals surface area (Å²) in [6.07, 6.45) is 4.85. The molecule has 2 aromatic rings. The number of rotatable bonds is 9. The van der Waals surface area contributed by atoms with Crippen LogP contribution in [0.2, 0.25) is 5.02 Å². The zero-order valence-corrected chi connectivity index (χ0v) is 20.9. The molecule has 1 aromatic heterocycles. The van der Waals surface area contributed by atoms with Crippen LogP contribution in [0.5, 0.6) is 5.75 Å². The Balaban J connectivity index is 1.43. The number of aromatic nitrogens is 2. The second kappa shape index (κ2) is 11.9. The number of benzene rings is 1. The lowest BCUT2D eigenvalue weighted by atomic mass is 9.96. The van der Waals surface area contributed by atoms with E-state index < -0.39 is 5.60 Å². The molecule has 2 fully saturated rings. The maximum atomic E-state index is 13.2. The summed E-state index contributed by atoms with van der Waals surface area (Å²) in [5, 5.41) is 4.85. The Morgan fingerprint density at radius 3 is 2.69 bits per heavy atom. The molecule has 0 spiro atoms. The smallest absolute Gasteiger partial charge is 0.225 e. The van der Waals surface area contributed by atoms with Crippen molar-refractivity contribution in [2.24, 2.45) is 0 Å². The molecule has 0 bridgehead atoms. The molecule has 3 heterocycles. The molecule has 2 saturated heterocycles. The number of hydrogen-bond acceptors (Lipinski definition) is 6. The number of hydrogen-bond donors (Lipinski definition) is 0. The van der Waals surface area contributed by atoms with Crippen LogP contribution in [0.4, 0.5) is 0 Å². The monoisotopic (exact) mass is 504 g/mol. The Hall–Kier alpha value is -2.62. The van der Waals surface area contributed by atoms with Crippen LogP contribution in [-0.4, -0.2) is 89.6 Å². The summed E-state index contributed by atoms with van der Waals surface area (Å²) in [5.74, 6) is 0.680. The van der Waals surface area contributed by atoms with Gasteiger partial charge in [0.1, 0.15) is 18.0 Å². The van der Waals surface area contributed by atoms with Gasteiger partial charge in [-0.25, -0.2) is 0 Å². The Labute approximate surface area is 210 Å². The van der Waals surface area contributed by atoms with Crippen LogP contribution in [0, 0.1) is 6.92 Å². The van der Waals surface area contributed by atoms with Gasteiger partial charge in [0.15, 0.2) is 0 Å². The van der Waals surface area contributed by atoms with Gasteiger partial charge in [-0.05, 0) is 43.2 Å². The van der Waals surface area contributed by atoms with E-state index in [2.05, 4.69) is 5.10 Å². The van der Waals surface area contributed by atoms with Crippen molar-refractivity contribution in [2.75, 3.05) is 52.6 Å². The highest BCUT2D eigenvalue weighted by molar-refractivity contribution is 6.31. The highest BCUT2D eigenvalue weighted by Gasteiger charge is 2.42. The zero-order valence-electron chi connectivity index (χ0n) is 20.2. The third-order valence-electron chi connectivity index (χ3n) is 6.41. The number of carbonyl (C=O) groups excluding carboxylic acids is 2. The van der Waals surface area contributed by atoms with Gasteiger partial charge >= 0.3 is 0 Å². The summed E-state index contributed by atoms with van der Waals surface area (Å²) in [4.78, 5) is 29.8. The number of morpholine rings is 2. The Kier molecular flexibility index (Phi) is 8.64. The molecule has 190 valence electrons. The topological polar surface area (TPSA) is 86.1 Å². The molecule has 2 amide bonds. The fraction of sp³-hybridized carbons (Fsp3) is 0.560. The third kappa shape index (κ3) is 6.96. The van der Waals surface area contributed by atoms with Crippen LogP contribution in [0.3, 0.4) is 0 Å². The first kappa shape index (κ1) is 25.5. The molecule has 9 nitrogen and oxygen atoms in total. The van der Waals surface area contributed by atoms with Crippen LogP contribution in [-0.2, 0) is 25.6 Å². The van der Waals surface area contributed by atoms with E-state index in [9.17, 15) is 9.59 Å². The van der Waals surface area contributed by atoms with E-state index in [1.807, 2.05) is 29.9 Å². The maximum Gasteiger partial charge on any atom is 0.225 e. The van der Waals surface area contributed by atoms with Crippen LogP contribution in [0.1, 0.15) is 24.8 Å². The molecule has 0 N–H and O–H groups in total. The Bertz CT molecular complexity index is 996. The van der Waals surface area contributed by atoms with E-state index in [4.69, 9.17) is 25.8 Å². The highest BCUT2D eigenvalue weighted by Crippen LogP contribution is 2.28. The van der Waals surface area contributed by atoms with Crippen molar-refractivity contribution in [2.45, 2.75) is 38.3 Å². The van der Waals surface area contributed by atoms with Crippen molar-refractivity contribution in [3.63, 3.8) is 0 Å². The lowest BCUT2D eigenvalue weighted by Crippen LogP contribution is -2.58. The van der Waals surface area contributed by atoms with Crippen molar-refractivity contribution in [1.29, 1.82) is 0 Å². The molecular weight excluding hydrogens is 472 g/mol. The Morgan fingerprint density at radius 1 is 1.14 bits per heavy atom. The fourth-order valence-electron chi connectivity index (χ4n) is 4.41. The average molecular weight is 505 g/mol. The van der Waals surface area contributed by atoms with E-state index in [0.717, 1.165) is 5.56 Å². The largest absolute Gasteiger partial charge is 0.490 e. The molecule has 0 radical (unpaired) electrons. The van der Waals surface area contributed by atoms with Crippen molar-refractivity contribution >= 4 is 23.4 Å². The van der Waals surface area contributed by atoms with Gasteiger partial charge in [-0.3, -0.25) is 14.3 Å². The first-order valence-electron chi connectivity index (χ1n) is 12.1. The SMILES string of the molecule is Cc1cc(OCC2(CC(=O)N3CCOCC3)CN(C(=O)CCCn3cccn3)CCO2)ccc1Cl. The number of halogens is 1. The predicted octanol–water partition coefficient (Wildman–Crippen LogP) is 2.55. The molecule has 0 aliphatic carbocycles. The molecule has 1 atom stereocenters. The summed E-state index contributed by atoms with van der Waals surface area (Å²) in [6.45, 7) is 6.07. The van der Waals surface area contributed by atoms with Crippen molar-refractivity contribution in [1.82, 2.24) is 19.6 Å². The Morgan fingerprint density at radius 2 is 1.94 bits per heavy atom. The van der Waals surface area contributed by atoms with Crippen LogP contribution >= 0.6 is 11.6 Å².